The van der Waals surface area contributed by atoms with E-state index in [1.54, 1.807) is 0 Å². The molecule has 0 amide bonds. The third-order valence-electron chi connectivity index (χ3n) is 3.11. The van der Waals surface area contributed by atoms with Gasteiger partial charge in [0.05, 0.1) is 6.61 Å². The standard InChI is InChI=1S/C14H21NO2/c16-9-2-1-7-15-8-5-12-3-4-14-13(11-12)6-10-17-14/h3-4,11,15-16H,1-2,5-10H2. The van der Waals surface area contributed by atoms with E-state index in [1.807, 2.05) is 0 Å². The summed E-state index contributed by atoms with van der Waals surface area (Å²) in [4.78, 5) is 0. The first kappa shape index (κ1) is 12.4. The van der Waals surface area contributed by atoms with Crippen molar-refractivity contribution in [3.8, 4) is 5.75 Å². The lowest BCUT2D eigenvalue weighted by Gasteiger charge is -2.06. The highest BCUT2D eigenvalue weighted by Crippen LogP contribution is 2.25. The number of fused-ring (bicyclic) bond motifs is 1. The van der Waals surface area contributed by atoms with Gasteiger partial charge >= 0.3 is 0 Å². The first-order valence-electron chi connectivity index (χ1n) is 6.46. The minimum Gasteiger partial charge on any atom is -0.493 e. The minimum atomic E-state index is 0.298. The van der Waals surface area contributed by atoms with E-state index in [2.05, 4.69) is 23.5 Å². The molecule has 17 heavy (non-hydrogen) atoms. The van der Waals surface area contributed by atoms with Crippen LogP contribution >= 0.6 is 0 Å². The van der Waals surface area contributed by atoms with Gasteiger partial charge in [-0.3, -0.25) is 0 Å². The van der Waals surface area contributed by atoms with Crippen LogP contribution < -0.4 is 10.1 Å². The Morgan fingerprint density at radius 1 is 1.24 bits per heavy atom. The van der Waals surface area contributed by atoms with E-state index < -0.39 is 0 Å². The number of nitrogens with one attached hydrogen (secondary N) is 1. The van der Waals surface area contributed by atoms with Crippen LogP contribution in [0.5, 0.6) is 5.75 Å². The number of aliphatic hydroxyl groups is 1. The summed E-state index contributed by atoms with van der Waals surface area (Å²) in [5, 5.41) is 12.0. The number of hydrogen-bond acceptors (Lipinski definition) is 3. The van der Waals surface area contributed by atoms with Gasteiger partial charge in [0.15, 0.2) is 0 Å². The zero-order chi connectivity index (χ0) is 11.9. The summed E-state index contributed by atoms with van der Waals surface area (Å²) in [6.45, 7) is 3.13. The normalized spacial score (nSPS) is 13.5. The van der Waals surface area contributed by atoms with Crippen LogP contribution in [0.3, 0.4) is 0 Å². The fourth-order valence-electron chi connectivity index (χ4n) is 2.11. The van der Waals surface area contributed by atoms with Gasteiger partial charge in [0.25, 0.3) is 0 Å². The molecule has 0 atom stereocenters. The molecule has 0 fully saturated rings. The predicted molar refractivity (Wildman–Crippen MR) is 68.5 cm³/mol. The molecule has 2 N–H and O–H groups in total. The molecule has 0 unspecified atom stereocenters. The van der Waals surface area contributed by atoms with Gasteiger partial charge in [0, 0.05) is 13.0 Å². The maximum atomic E-state index is 8.65. The first-order valence-corrected chi connectivity index (χ1v) is 6.46. The van der Waals surface area contributed by atoms with Crippen molar-refractivity contribution in [2.45, 2.75) is 25.7 Å². The molecule has 1 aromatic rings. The van der Waals surface area contributed by atoms with Gasteiger partial charge in [-0.15, -0.1) is 0 Å². The molecule has 0 aliphatic carbocycles. The zero-order valence-corrected chi connectivity index (χ0v) is 10.2. The highest BCUT2D eigenvalue weighted by Gasteiger charge is 2.11. The van der Waals surface area contributed by atoms with Crippen LogP contribution in [0.4, 0.5) is 0 Å². The van der Waals surface area contributed by atoms with Crippen molar-refractivity contribution in [1.29, 1.82) is 0 Å². The van der Waals surface area contributed by atoms with Crippen molar-refractivity contribution in [1.82, 2.24) is 5.32 Å². The summed E-state index contributed by atoms with van der Waals surface area (Å²) in [6.07, 6.45) is 4.05. The summed E-state index contributed by atoms with van der Waals surface area (Å²) in [5.74, 6) is 1.06. The van der Waals surface area contributed by atoms with Crippen LogP contribution in [0.1, 0.15) is 24.0 Å². The number of benzene rings is 1. The van der Waals surface area contributed by atoms with E-state index in [0.717, 1.165) is 51.1 Å². The lowest BCUT2D eigenvalue weighted by molar-refractivity contribution is 0.284. The SMILES string of the molecule is OCCCCNCCc1ccc2c(c1)CCO2. The van der Waals surface area contributed by atoms with Crippen LogP contribution in [-0.2, 0) is 12.8 Å². The average Bonchev–Trinajstić information content (AvgIpc) is 2.81. The number of hydrogen-bond donors (Lipinski definition) is 2. The minimum absolute atomic E-state index is 0.298. The van der Waals surface area contributed by atoms with Crippen LogP contribution in [0.25, 0.3) is 0 Å². The lowest BCUT2D eigenvalue weighted by atomic mass is 10.1. The molecular weight excluding hydrogens is 214 g/mol. The lowest BCUT2D eigenvalue weighted by Crippen LogP contribution is -2.18. The summed E-state index contributed by atoms with van der Waals surface area (Å²) in [6, 6.07) is 6.50. The second-order valence-electron chi connectivity index (χ2n) is 4.47. The maximum absolute atomic E-state index is 8.65. The molecule has 2 rings (SSSR count). The van der Waals surface area contributed by atoms with E-state index in [4.69, 9.17) is 9.84 Å². The Morgan fingerprint density at radius 3 is 3.06 bits per heavy atom. The molecule has 1 heterocycles. The van der Waals surface area contributed by atoms with Gasteiger partial charge in [0.2, 0.25) is 0 Å². The highest BCUT2D eigenvalue weighted by atomic mass is 16.5. The molecule has 0 radical (unpaired) electrons. The Balaban J connectivity index is 1.69. The van der Waals surface area contributed by atoms with E-state index in [-0.39, 0.29) is 0 Å². The third-order valence-corrected chi connectivity index (χ3v) is 3.11. The molecule has 1 aromatic carbocycles. The van der Waals surface area contributed by atoms with Gasteiger partial charge in [-0.2, -0.15) is 0 Å². The number of rotatable bonds is 7. The summed E-state index contributed by atoms with van der Waals surface area (Å²) in [7, 11) is 0. The largest absolute Gasteiger partial charge is 0.493 e. The second-order valence-corrected chi connectivity index (χ2v) is 4.47. The summed E-state index contributed by atoms with van der Waals surface area (Å²) < 4.78 is 5.48. The molecular formula is C14H21NO2. The number of unbranched alkanes of at least 4 members (excludes halogenated alkanes) is 1. The van der Waals surface area contributed by atoms with Crippen molar-refractivity contribution in [2.75, 3.05) is 26.3 Å². The van der Waals surface area contributed by atoms with E-state index in [0.29, 0.717) is 6.61 Å². The number of ether oxygens (including phenoxy) is 1. The van der Waals surface area contributed by atoms with Crippen molar-refractivity contribution >= 4 is 0 Å². The van der Waals surface area contributed by atoms with E-state index in [9.17, 15) is 0 Å². The molecule has 0 saturated carbocycles. The van der Waals surface area contributed by atoms with Crippen molar-refractivity contribution in [2.24, 2.45) is 0 Å². The van der Waals surface area contributed by atoms with Gasteiger partial charge in [-0.25, -0.2) is 0 Å². The van der Waals surface area contributed by atoms with Crippen molar-refractivity contribution in [3.05, 3.63) is 29.3 Å². The Hall–Kier alpha value is -1.06. The topological polar surface area (TPSA) is 41.5 Å². The summed E-state index contributed by atoms with van der Waals surface area (Å²) >= 11 is 0. The Morgan fingerprint density at radius 2 is 2.18 bits per heavy atom. The molecule has 0 saturated heterocycles. The summed E-state index contributed by atoms with van der Waals surface area (Å²) in [5.41, 5.74) is 2.73. The van der Waals surface area contributed by atoms with Crippen LogP contribution in [0.15, 0.2) is 18.2 Å². The van der Waals surface area contributed by atoms with Gasteiger partial charge < -0.3 is 15.2 Å². The van der Waals surface area contributed by atoms with Crippen LogP contribution in [0.2, 0.25) is 0 Å². The van der Waals surface area contributed by atoms with Gasteiger partial charge in [-0.05, 0) is 49.5 Å². The average molecular weight is 235 g/mol. The third kappa shape index (κ3) is 3.72. The Kier molecular flexibility index (Phi) is 4.83. The Bertz CT molecular complexity index is 352. The van der Waals surface area contributed by atoms with E-state index >= 15 is 0 Å². The molecule has 1 aliphatic heterocycles. The van der Waals surface area contributed by atoms with Crippen molar-refractivity contribution in [3.63, 3.8) is 0 Å². The second kappa shape index (κ2) is 6.62. The molecule has 3 nitrogen and oxygen atoms in total. The van der Waals surface area contributed by atoms with E-state index in [1.165, 1.54) is 11.1 Å². The fraction of sp³-hybridized carbons (Fsp3) is 0.571. The van der Waals surface area contributed by atoms with Crippen LogP contribution in [0, 0.1) is 0 Å². The smallest absolute Gasteiger partial charge is 0.122 e. The molecule has 1 aliphatic rings. The maximum Gasteiger partial charge on any atom is 0.122 e. The predicted octanol–water partition coefficient (Wildman–Crippen LogP) is 1.53. The monoisotopic (exact) mass is 235 g/mol. The first-order chi connectivity index (χ1) is 8.40. The van der Waals surface area contributed by atoms with Gasteiger partial charge in [0.1, 0.15) is 5.75 Å². The molecule has 0 bridgehead atoms. The van der Waals surface area contributed by atoms with Gasteiger partial charge in [-0.1, -0.05) is 12.1 Å². The molecule has 0 spiro atoms. The zero-order valence-electron chi connectivity index (χ0n) is 10.2. The van der Waals surface area contributed by atoms with Crippen LogP contribution in [-0.4, -0.2) is 31.4 Å². The molecule has 0 aromatic heterocycles. The fourth-order valence-corrected chi connectivity index (χ4v) is 2.11. The molecule has 94 valence electrons. The molecule has 3 heteroatoms. The highest BCUT2D eigenvalue weighted by molar-refractivity contribution is 5.39. The van der Waals surface area contributed by atoms with Crippen molar-refractivity contribution < 1.29 is 9.84 Å². The number of aliphatic hydroxyl groups excluding tert-OH is 1. The quantitative estimate of drug-likeness (QED) is 0.704. The Labute approximate surface area is 103 Å².